The standard InChI is InChI=1S/C15H22N4OS/c1-2-16-14-18-12(11-6-9-21-13(11)19-14)17-10-15(20)7-4-3-5-8-15/h6,9,20H,2-5,7-8,10H2,1H3,(H2,16,17,18,19). The highest BCUT2D eigenvalue weighted by atomic mass is 32.1. The summed E-state index contributed by atoms with van der Waals surface area (Å²) in [5.74, 6) is 1.46. The molecular formula is C15H22N4OS. The average Bonchev–Trinajstić information content (AvgIpc) is 2.94. The van der Waals surface area contributed by atoms with Crippen LogP contribution >= 0.6 is 11.3 Å². The minimum absolute atomic E-state index is 0.556. The average molecular weight is 306 g/mol. The second-order valence-corrected chi connectivity index (χ2v) is 6.60. The van der Waals surface area contributed by atoms with Crippen LogP contribution in [0.5, 0.6) is 0 Å². The summed E-state index contributed by atoms with van der Waals surface area (Å²) in [6.07, 6.45) is 5.20. The molecule has 5 nitrogen and oxygen atoms in total. The number of aliphatic hydroxyl groups is 1. The van der Waals surface area contributed by atoms with Crippen LogP contribution in [-0.2, 0) is 0 Å². The molecule has 2 heterocycles. The van der Waals surface area contributed by atoms with E-state index in [1.165, 1.54) is 6.42 Å². The van der Waals surface area contributed by atoms with Crippen LogP contribution in [0.15, 0.2) is 11.4 Å². The van der Waals surface area contributed by atoms with Crippen molar-refractivity contribution in [2.24, 2.45) is 0 Å². The molecule has 2 aromatic heterocycles. The van der Waals surface area contributed by atoms with E-state index in [-0.39, 0.29) is 0 Å². The Kier molecular flexibility index (Phi) is 4.26. The van der Waals surface area contributed by atoms with Gasteiger partial charge in [-0.25, -0.2) is 4.98 Å². The minimum atomic E-state index is -0.593. The smallest absolute Gasteiger partial charge is 0.226 e. The van der Waals surface area contributed by atoms with Crippen molar-refractivity contribution in [1.29, 1.82) is 0 Å². The maximum atomic E-state index is 10.6. The second kappa shape index (κ2) is 6.15. The highest BCUT2D eigenvalue weighted by molar-refractivity contribution is 7.16. The maximum Gasteiger partial charge on any atom is 0.226 e. The van der Waals surface area contributed by atoms with Crippen molar-refractivity contribution >= 4 is 33.3 Å². The molecule has 0 atom stereocenters. The van der Waals surface area contributed by atoms with E-state index in [4.69, 9.17) is 0 Å². The molecule has 0 saturated heterocycles. The predicted molar refractivity (Wildman–Crippen MR) is 88.1 cm³/mol. The number of aromatic nitrogens is 2. The molecule has 3 N–H and O–H groups in total. The van der Waals surface area contributed by atoms with Crippen LogP contribution in [0.4, 0.5) is 11.8 Å². The highest BCUT2D eigenvalue weighted by Crippen LogP contribution is 2.30. The molecule has 6 heteroatoms. The van der Waals surface area contributed by atoms with Crippen molar-refractivity contribution in [3.8, 4) is 0 Å². The van der Waals surface area contributed by atoms with Crippen molar-refractivity contribution in [2.45, 2.75) is 44.6 Å². The molecule has 21 heavy (non-hydrogen) atoms. The largest absolute Gasteiger partial charge is 0.388 e. The van der Waals surface area contributed by atoms with Gasteiger partial charge in [0, 0.05) is 13.1 Å². The Morgan fingerprint density at radius 1 is 1.24 bits per heavy atom. The first kappa shape index (κ1) is 14.5. The monoisotopic (exact) mass is 306 g/mol. The van der Waals surface area contributed by atoms with Crippen LogP contribution in [0, 0.1) is 0 Å². The molecule has 0 aliphatic heterocycles. The fourth-order valence-electron chi connectivity index (χ4n) is 2.86. The van der Waals surface area contributed by atoms with Gasteiger partial charge in [-0.2, -0.15) is 4.98 Å². The van der Waals surface area contributed by atoms with E-state index in [2.05, 4.69) is 20.6 Å². The van der Waals surface area contributed by atoms with Crippen molar-refractivity contribution in [1.82, 2.24) is 9.97 Å². The molecule has 1 aliphatic rings. The summed E-state index contributed by atoms with van der Waals surface area (Å²) < 4.78 is 0. The Hall–Kier alpha value is -1.40. The quantitative estimate of drug-likeness (QED) is 0.791. The van der Waals surface area contributed by atoms with Gasteiger partial charge in [-0.15, -0.1) is 11.3 Å². The van der Waals surface area contributed by atoms with Crippen LogP contribution in [0.2, 0.25) is 0 Å². The van der Waals surface area contributed by atoms with E-state index in [0.717, 1.165) is 48.3 Å². The Morgan fingerprint density at radius 3 is 2.81 bits per heavy atom. The van der Waals surface area contributed by atoms with Crippen molar-refractivity contribution in [3.05, 3.63) is 11.4 Å². The minimum Gasteiger partial charge on any atom is -0.388 e. The van der Waals surface area contributed by atoms with E-state index >= 15 is 0 Å². The Morgan fingerprint density at radius 2 is 2.05 bits per heavy atom. The predicted octanol–water partition coefficient (Wildman–Crippen LogP) is 3.23. The molecule has 0 radical (unpaired) electrons. The van der Waals surface area contributed by atoms with Gasteiger partial charge < -0.3 is 15.7 Å². The first-order valence-corrected chi connectivity index (χ1v) is 8.53. The third-order valence-electron chi connectivity index (χ3n) is 4.03. The molecule has 1 aliphatic carbocycles. The molecule has 0 unspecified atom stereocenters. The zero-order valence-corrected chi connectivity index (χ0v) is 13.2. The SMILES string of the molecule is CCNc1nc(NCC2(O)CCCCC2)c2ccsc2n1. The maximum absolute atomic E-state index is 10.6. The number of nitrogens with one attached hydrogen (secondary N) is 2. The van der Waals surface area contributed by atoms with Crippen LogP contribution < -0.4 is 10.6 Å². The van der Waals surface area contributed by atoms with Gasteiger partial charge in [0.2, 0.25) is 5.95 Å². The van der Waals surface area contributed by atoms with Crippen LogP contribution in [0.25, 0.3) is 10.2 Å². The van der Waals surface area contributed by atoms with E-state index in [0.29, 0.717) is 12.5 Å². The van der Waals surface area contributed by atoms with Gasteiger partial charge in [-0.05, 0) is 31.2 Å². The summed E-state index contributed by atoms with van der Waals surface area (Å²) in [6.45, 7) is 3.38. The highest BCUT2D eigenvalue weighted by Gasteiger charge is 2.29. The Labute approximate surface area is 128 Å². The van der Waals surface area contributed by atoms with Gasteiger partial charge >= 0.3 is 0 Å². The van der Waals surface area contributed by atoms with Crippen molar-refractivity contribution in [2.75, 3.05) is 23.7 Å². The van der Waals surface area contributed by atoms with Gasteiger partial charge in [-0.3, -0.25) is 0 Å². The van der Waals surface area contributed by atoms with Crippen LogP contribution in [0.3, 0.4) is 0 Å². The van der Waals surface area contributed by atoms with Crippen LogP contribution in [-0.4, -0.2) is 33.8 Å². The third-order valence-corrected chi connectivity index (χ3v) is 4.84. The molecular weight excluding hydrogens is 284 g/mol. The summed E-state index contributed by atoms with van der Waals surface area (Å²) >= 11 is 1.61. The lowest BCUT2D eigenvalue weighted by Gasteiger charge is -2.32. The molecule has 0 aromatic carbocycles. The summed E-state index contributed by atoms with van der Waals surface area (Å²) in [4.78, 5) is 10.0. The van der Waals surface area contributed by atoms with E-state index < -0.39 is 5.60 Å². The van der Waals surface area contributed by atoms with E-state index in [1.807, 2.05) is 18.4 Å². The molecule has 0 bridgehead atoms. The molecule has 1 saturated carbocycles. The molecule has 1 fully saturated rings. The normalized spacial score (nSPS) is 17.8. The van der Waals surface area contributed by atoms with Gasteiger partial charge in [0.1, 0.15) is 10.6 Å². The fourth-order valence-corrected chi connectivity index (χ4v) is 3.63. The summed E-state index contributed by atoms with van der Waals surface area (Å²) in [6, 6.07) is 2.03. The number of anilines is 2. The second-order valence-electron chi connectivity index (χ2n) is 5.70. The number of thiophene rings is 1. The number of fused-ring (bicyclic) bond motifs is 1. The number of hydrogen-bond acceptors (Lipinski definition) is 6. The molecule has 0 spiro atoms. The Bertz CT molecular complexity index is 607. The van der Waals surface area contributed by atoms with Crippen molar-refractivity contribution in [3.63, 3.8) is 0 Å². The number of hydrogen-bond donors (Lipinski definition) is 3. The molecule has 0 amide bonds. The lowest BCUT2D eigenvalue weighted by Crippen LogP contribution is -2.39. The van der Waals surface area contributed by atoms with Gasteiger partial charge in [0.25, 0.3) is 0 Å². The lowest BCUT2D eigenvalue weighted by atomic mass is 9.85. The topological polar surface area (TPSA) is 70.1 Å². The van der Waals surface area contributed by atoms with E-state index in [1.54, 1.807) is 11.3 Å². The van der Waals surface area contributed by atoms with Gasteiger partial charge in [-0.1, -0.05) is 19.3 Å². The fraction of sp³-hybridized carbons (Fsp3) is 0.600. The summed E-state index contributed by atoms with van der Waals surface area (Å²) in [5.41, 5.74) is -0.593. The zero-order chi connectivity index (χ0) is 14.7. The number of rotatable bonds is 5. The zero-order valence-electron chi connectivity index (χ0n) is 12.4. The Balaban J connectivity index is 1.80. The van der Waals surface area contributed by atoms with E-state index in [9.17, 15) is 5.11 Å². The number of nitrogens with zero attached hydrogens (tertiary/aromatic N) is 2. The molecule has 114 valence electrons. The first-order chi connectivity index (χ1) is 10.2. The third kappa shape index (κ3) is 3.27. The van der Waals surface area contributed by atoms with Crippen LogP contribution in [0.1, 0.15) is 39.0 Å². The van der Waals surface area contributed by atoms with Crippen molar-refractivity contribution < 1.29 is 5.11 Å². The van der Waals surface area contributed by atoms with Gasteiger partial charge in [0.15, 0.2) is 0 Å². The molecule has 2 aromatic rings. The summed E-state index contributed by atoms with van der Waals surface area (Å²) in [7, 11) is 0. The molecule has 3 rings (SSSR count). The lowest BCUT2D eigenvalue weighted by molar-refractivity contribution is 0.0167. The first-order valence-electron chi connectivity index (χ1n) is 7.65. The van der Waals surface area contributed by atoms with Gasteiger partial charge in [0.05, 0.1) is 11.0 Å². The summed E-state index contributed by atoms with van der Waals surface area (Å²) in [5, 5.41) is 20.2.